The third-order valence-corrected chi connectivity index (χ3v) is 16.8. The van der Waals surface area contributed by atoms with Gasteiger partial charge >= 0.3 is 0 Å². The van der Waals surface area contributed by atoms with Crippen LogP contribution in [0.3, 0.4) is 0 Å². The molecule has 1 aromatic heterocycles. The van der Waals surface area contributed by atoms with Gasteiger partial charge in [-0.1, -0.05) is 147 Å². The Morgan fingerprint density at radius 1 is 0.516 bits per heavy atom. The highest BCUT2D eigenvalue weighted by molar-refractivity contribution is 8.32. The Morgan fingerprint density at radius 3 is 1.55 bits per heavy atom. The van der Waals surface area contributed by atoms with Crippen LogP contribution in [0.5, 0.6) is 0 Å². The molecule has 1 aliphatic carbocycles. The molecule has 3 nitrogen and oxygen atoms in total. The van der Waals surface area contributed by atoms with Crippen molar-refractivity contribution in [2.75, 3.05) is 28.6 Å². The van der Waals surface area contributed by atoms with Crippen molar-refractivity contribution in [2.24, 2.45) is 0 Å². The minimum Gasteiger partial charge on any atom is -0.440 e. The zero-order valence-corrected chi connectivity index (χ0v) is 43.6. The quantitative estimate of drug-likeness (QED) is 0.165. The van der Waals surface area contributed by atoms with Gasteiger partial charge in [-0.05, 0) is 162 Å². The molecule has 0 bridgehead atoms. The van der Waals surface area contributed by atoms with Gasteiger partial charge < -0.3 is 9.32 Å². The van der Waals surface area contributed by atoms with E-state index in [1.54, 1.807) is 0 Å². The first-order chi connectivity index (χ1) is 29.4. The fourth-order valence-electron chi connectivity index (χ4n) is 10.8. The number of rotatable bonds is 3. The van der Waals surface area contributed by atoms with E-state index in [-0.39, 0.29) is 39.2 Å². The average Bonchev–Trinajstić information content (AvgIpc) is 3.55. The molecule has 0 unspecified atom stereocenters. The zero-order valence-electron chi connectivity index (χ0n) is 42.8. The van der Waals surface area contributed by atoms with Gasteiger partial charge in [-0.15, -0.1) is 0 Å². The van der Waals surface area contributed by atoms with E-state index in [0.29, 0.717) is 0 Å². The lowest BCUT2D eigenvalue weighted by Crippen LogP contribution is -2.61. The molecule has 0 saturated carbocycles. The Hall–Kier alpha value is -4.35. The number of furan rings is 1. The van der Waals surface area contributed by atoms with E-state index in [9.17, 15) is 0 Å². The molecule has 0 saturated heterocycles. The maximum atomic E-state index is 7.51. The molecule has 0 atom stereocenters. The fourth-order valence-corrected chi connectivity index (χ4v) is 11.7. The second kappa shape index (κ2) is 14.1. The molecule has 0 N–H and O–H groups in total. The molecule has 6 aromatic rings. The van der Waals surface area contributed by atoms with Gasteiger partial charge in [0.25, 0.3) is 6.71 Å². The van der Waals surface area contributed by atoms with Crippen LogP contribution in [0.25, 0.3) is 11.0 Å². The molecule has 0 fully saturated rings. The van der Waals surface area contributed by atoms with E-state index >= 15 is 0 Å². The second-order valence-electron chi connectivity index (χ2n) is 25.9. The Labute approximate surface area is 388 Å². The van der Waals surface area contributed by atoms with Crippen molar-refractivity contribution in [3.8, 4) is 0 Å². The molecule has 64 heavy (non-hydrogen) atoms. The molecule has 0 spiro atoms. The van der Waals surface area contributed by atoms with Gasteiger partial charge in [0.05, 0.1) is 0 Å². The third-order valence-electron chi connectivity index (χ3n) is 15.1. The minimum absolute atomic E-state index is 0.0183. The predicted molar refractivity (Wildman–Crippen MR) is 284 cm³/mol. The van der Waals surface area contributed by atoms with Gasteiger partial charge in [-0.25, -0.2) is 10.0 Å². The normalized spacial score (nSPS) is 17.3. The number of fused-ring (bicyclic) bond motifs is 7. The molecule has 3 aliphatic rings. The number of nitrogens with zero attached hydrogens (tertiary/aromatic N) is 2. The zero-order chi connectivity index (χ0) is 46.6. The molecule has 0 amide bonds. The summed E-state index contributed by atoms with van der Waals surface area (Å²) in [4.78, 5) is 6.56. The lowest BCUT2D eigenvalue weighted by Gasteiger charge is -2.45. The van der Waals surface area contributed by atoms with Gasteiger partial charge in [0.15, 0.2) is 0 Å². The molecule has 3 heterocycles. The van der Waals surface area contributed by atoms with E-state index in [1.165, 1.54) is 82.8 Å². The van der Waals surface area contributed by atoms with Crippen LogP contribution in [-0.4, -0.2) is 25.5 Å². The monoisotopic (exact) mass is 871 g/mol. The van der Waals surface area contributed by atoms with Crippen molar-refractivity contribution < 1.29 is 4.42 Å². The van der Waals surface area contributed by atoms with Crippen LogP contribution >= 0.6 is 10.0 Å². The average molecular weight is 871 g/mol. The Balaban J connectivity index is 1.47. The molecule has 2 aliphatic heterocycles. The van der Waals surface area contributed by atoms with Crippen molar-refractivity contribution in [1.29, 1.82) is 0 Å². The summed E-state index contributed by atoms with van der Waals surface area (Å²) in [5.41, 5.74) is 19.4. The van der Waals surface area contributed by atoms with Gasteiger partial charge in [-0.2, -0.15) is 0 Å². The Kier molecular flexibility index (Phi) is 9.87. The summed E-state index contributed by atoms with van der Waals surface area (Å²) in [5.74, 6) is 0.950. The van der Waals surface area contributed by atoms with Gasteiger partial charge in [0.1, 0.15) is 5.58 Å². The minimum atomic E-state index is -1.19. The number of benzene rings is 5. The number of anilines is 6. The van der Waals surface area contributed by atoms with Crippen molar-refractivity contribution >= 4 is 78.4 Å². The van der Waals surface area contributed by atoms with E-state index in [1.807, 2.05) is 0 Å². The summed E-state index contributed by atoms with van der Waals surface area (Å²) < 4.78 is 7.51. The SMILES string of the molecule is CC(C)(C)c1ccc(N2c3cc(S(C)(C)C)cc4c3B(c3cc(C(C)(C)C)ccc3N4c3ccc(C(C)(C)C)cc3C(C)(C)C)c3c2oc2cc4c(cc32)C(C)(C)CCC4(C)C)cc1. The Bertz CT molecular complexity index is 2860. The van der Waals surface area contributed by atoms with E-state index < -0.39 is 10.0 Å². The first kappa shape index (κ1) is 44.8. The van der Waals surface area contributed by atoms with Crippen LogP contribution < -0.4 is 26.2 Å². The molecular weight excluding hydrogens is 796 g/mol. The highest BCUT2D eigenvalue weighted by Crippen LogP contribution is 2.55. The lowest BCUT2D eigenvalue weighted by atomic mass is 9.33. The highest BCUT2D eigenvalue weighted by atomic mass is 32.3. The number of hydrogen-bond acceptors (Lipinski definition) is 3. The molecule has 336 valence electrons. The van der Waals surface area contributed by atoms with Crippen LogP contribution in [0.1, 0.15) is 157 Å². The lowest BCUT2D eigenvalue weighted by molar-refractivity contribution is 0.332. The summed E-state index contributed by atoms with van der Waals surface area (Å²) in [5, 5.41) is 1.24. The van der Waals surface area contributed by atoms with E-state index in [0.717, 1.165) is 30.0 Å². The standard InChI is InChI=1S/C59H75BN2OS/c1-54(2,3)36-20-24-39(25-21-36)61-48-32-40(64(17,18)19)33-49-52(48)60(51-41-34-42-43(35-50(41)63-53(51)61)59(15,16)29-28-58(42,13)14)45-31-38(56(7,8)9)23-27-47(45)62(49)46-26-22-37(55(4,5)6)30-44(46)57(10,11)12/h20-27,30-35H,28-29H2,1-19H3. The second-order valence-corrected chi connectivity index (χ2v) is 30.0. The maximum Gasteiger partial charge on any atom is 0.257 e. The van der Waals surface area contributed by atoms with Crippen molar-refractivity contribution in [2.45, 2.75) is 161 Å². The largest absolute Gasteiger partial charge is 0.440 e. The van der Waals surface area contributed by atoms with Gasteiger partial charge in [0, 0.05) is 39.3 Å². The van der Waals surface area contributed by atoms with Gasteiger partial charge in [-0.3, -0.25) is 4.90 Å². The molecule has 5 aromatic carbocycles. The summed E-state index contributed by atoms with van der Waals surface area (Å²) in [6.07, 6.45) is 9.66. The maximum absolute atomic E-state index is 7.51. The molecular formula is C59H75BN2OS. The van der Waals surface area contributed by atoms with Gasteiger partial charge in [0.2, 0.25) is 5.88 Å². The van der Waals surface area contributed by atoms with Crippen LogP contribution in [0.2, 0.25) is 0 Å². The summed E-state index contributed by atoms with van der Waals surface area (Å²) in [7, 11) is -1.19. The topological polar surface area (TPSA) is 19.6 Å². The number of hydrogen-bond donors (Lipinski definition) is 0. The van der Waals surface area contributed by atoms with Crippen LogP contribution in [0.4, 0.5) is 34.3 Å². The smallest absolute Gasteiger partial charge is 0.257 e. The first-order valence-corrected chi connectivity index (χ1v) is 26.7. The van der Waals surface area contributed by atoms with E-state index in [4.69, 9.17) is 4.42 Å². The third kappa shape index (κ3) is 7.17. The molecule has 0 radical (unpaired) electrons. The van der Waals surface area contributed by atoms with Crippen LogP contribution in [0, 0.1) is 0 Å². The summed E-state index contributed by atoms with van der Waals surface area (Å²) >= 11 is 0. The van der Waals surface area contributed by atoms with Crippen LogP contribution in [0.15, 0.2) is 94.2 Å². The van der Waals surface area contributed by atoms with Crippen molar-refractivity contribution in [3.63, 3.8) is 0 Å². The highest BCUT2D eigenvalue weighted by Gasteiger charge is 2.49. The summed E-state index contributed by atoms with van der Waals surface area (Å²) in [6.45, 7) is 37.9. The summed E-state index contributed by atoms with van der Waals surface area (Å²) in [6, 6.07) is 34.2. The van der Waals surface area contributed by atoms with E-state index in [2.05, 4.69) is 224 Å². The predicted octanol–water partition coefficient (Wildman–Crippen LogP) is 15.1. The van der Waals surface area contributed by atoms with Crippen molar-refractivity contribution in [3.05, 3.63) is 118 Å². The van der Waals surface area contributed by atoms with Crippen molar-refractivity contribution in [1.82, 2.24) is 0 Å². The molecule has 9 rings (SSSR count). The fraction of sp³-hybridized carbons (Fsp3) is 0.458. The Morgan fingerprint density at radius 2 is 1.02 bits per heavy atom. The first-order valence-electron chi connectivity index (χ1n) is 23.9. The molecule has 5 heteroatoms. The van der Waals surface area contributed by atoms with Crippen LogP contribution in [-0.2, 0) is 32.5 Å².